The van der Waals surface area contributed by atoms with E-state index in [1.165, 1.54) is 26.2 Å². The zero-order valence-electron chi connectivity index (χ0n) is 19.2. The summed E-state index contributed by atoms with van der Waals surface area (Å²) >= 11 is 0. The minimum Gasteiger partial charge on any atom is -0.351 e. The van der Waals surface area contributed by atoms with Crippen LogP contribution in [-0.4, -0.2) is 47.2 Å². The molecule has 0 aliphatic rings. The van der Waals surface area contributed by atoms with E-state index in [0.29, 0.717) is 5.56 Å². The van der Waals surface area contributed by atoms with Gasteiger partial charge in [-0.15, -0.1) is 0 Å². The van der Waals surface area contributed by atoms with Gasteiger partial charge in [-0.1, -0.05) is 42.5 Å². The third kappa shape index (κ3) is 6.95. The second-order valence-corrected chi connectivity index (χ2v) is 11.8. The molecule has 11 heteroatoms. The monoisotopic (exact) mass is 519 g/mol. The molecule has 8 nitrogen and oxygen atoms in total. The molecule has 2 N–H and O–H groups in total. The number of sulfonamides is 2. The minimum atomic E-state index is -4.10. The smallest absolute Gasteiger partial charge is 0.242 e. The first-order chi connectivity index (χ1) is 16.5. The summed E-state index contributed by atoms with van der Waals surface area (Å²) in [6.45, 7) is 0.0602. The van der Waals surface area contributed by atoms with Crippen LogP contribution in [0.15, 0.2) is 88.7 Å². The molecule has 0 fully saturated rings. The molecule has 0 aromatic heterocycles. The normalized spacial score (nSPS) is 12.9. The van der Waals surface area contributed by atoms with E-state index in [1.807, 2.05) is 0 Å². The number of carbonyl (C=O) groups excluding carboxylic acids is 1. The molecule has 35 heavy (non-hydrogen) atoms. The second kappa shape index (κ2) is 11.1. The fourth-order valence-corrected chi connectivity index (χ4v) is 5.31. The van der Waals surface area contributed by atoms with Crippen LogP contribution in [0.5, 0.6) is 0 Å². The van der Waals surface area contributed by atoms with E-state index in [-0.39, 0.29) is 22.8 Å². The Labute approximate surface area is 204 Å². The number of nitrogens with zero attached hydrogens (tertiary/aromatic N) is 1. The lowest BCUT2D eigenvalue weighted by atomic mass is 10.1. The fraction of sp³-hybridized carbons (Fsp3) is 0.208. The lowest BCUT2D eigenvalue weighted by Crippen LogP contribution is -2.47. The number of nitrogens with one attached hydrogen (secondary N) is 2. The van der Waals surface area contributed by atoms with Gasteiger partial charge in [-0.2, -0.15) is 4.72 Å². The van der Waals surface area contributed by atoms with Crippen molar-refractivity contribution in [3.63, 3.8) is 0 Å². The molecule has 0 spiro atoms. The summed E-state index contributed by atoms with van der Waals surface area (Å²) in [7, 11) is -4.81. The number of halogens is 1. The van der Waals surface area contributed by atoms with E-state index < -0.39 is 37.8 Å². The lowest BCUT2D eigenvalue weighted by Gasteiger charge is -2.19. The Bertz CT molecular complexity index is 1360. The molecule has 1 amide bonds. The molecule has 0 saturated heterocycles. The Morgan fingerprint density at radius 3 is 1.97 bits per heavy atom. The van der Waals surface area contributed by atoms with Crippen LogP contribution in [0.1, 0.15) is 11.1 Å². The van der Waals surface area contributed by atoms with Gasteiger partial charge in [-0.25, -0.2) is 25.5 Å². The van der Waals surface area contributed by atoms with Crippen molar-refractivity contribution < 1.29 is 26.0 Å². The Morgan fingerprint density at radius 1 is 0.829 bits per heavy atom. The van der Waals surface area contributed by atoms with Crippen LogP contribution in [0, 0.1) is 5.82 Å². The second-order valence-electron chi connectivity index (χ2n) is 7.97. The molecule has 0 saturated carbocycles. The molecule has 3 aromatic rings. The number of carbonyl (C=O) groups is 1. The highest BCUT2D eigenvalue weighted by molar-refractivity contribution is 7.89. The maximum absolute atomic E-state index is 13.2. The largest absolute Gasteiger partial charge is 0.351 e. The Morgan fingerprint density at radius 2 is 1.40 bits per heavy atom. The van der Waals surface area contributed by atoms with Gasteiger partial charge in [-0.05, 0) is 53.9 Å². The first-order valence-corrected chi connectivity index (χ1v) is 13.5. The molecule has 186 valence electrons. The molecule has 3 rings (SSSR count). The Hall–Kier alpha value is -3.12. The Balaban J connectivity index is 1.76. The van der Waals surface area contributed by atoms with E-state index in [4.69, 9.17) is 0 Å². The fourth-order valence-electron chi connectivity index (χ4n) is 3.21. The predicted molar refractivity (Wildman–Crippen MR) is 130 cm³/mol. The van der Waals surface area contributed by atoms with Gasteiger partial charge in [0, 0.05) is 20.6 Å². The third-order valence-corrected chi connectivity index (χ3v) is 8.51. The van der Waals surface area contributed by atoms with Crippen molar-refractivity contribution in [3.8, 4) is 0 Å². The highest BCUT2D eigenvalue weighted by atomic mass is 32.2. The van der Waals surface area contributed by atoms with Crippen LogP contribution in [0.2, 0.25) is 0 Å². The van der Waals surface area contributed by atoms with E-state index in [1.54, 1.807) is 42.5 Å². The van der Waals surface area contributed by atoms with Gasteiger partial charge in [0.1, 0.15) is 11.9 Å². The molecular weight excluding hydrogens is 493 g/mol. The zero-order chi connectivity index (χ0) is 25.6. The number of hydrogen-bond acceptors (Lipinski definition) is 5. The SMILES string of the molecule is CN(C)S(=O)(=O)c1ccc(CNC(=O)[C@@H](Cc2ccccc2)NS(=O)(=O)c2ccc(F)cc2)cc1. The molecule has 0 heterocycles. The third-order valence-electron chi connectivity index (χ3n) is 5.19. The van der Waals surface area contributed by atoms with E-state index in [0.717, 1.165) is 34.1 Å². The summed E-state index contributed by atoms with van der Waals surface area (Å²) < 4.78 is 66.8. The standard InChI is InChI=1S/C24H26FN3O5S2/c1-28(2)35(32,33)22-12-8-19(9-13-22)17-26-24(29)23(16-18-6-4-3-5-7-18)27-34(30,31)21-14-10-20(25)11-15-21/h3-15,23,27H,16-17H2,1-2H3,(H,26,29)/t23-/m1/s1. The van der Waals surface area contributed by atoms with Gasteiger partial charge in [0.25, 0.3) is 0 Å². The van der Waals surface area contributed by atoms with E-state index in [2.05, 4.69) is 10.0 Å². The molecule has 0 unspecified atom stereocenters. The van der Waals surface area contributed by atoms with E-state index >= 15 is 0 Å². The zero-order valence-corrected chi connectivity index (χ0v) is 20.8. The molecule has 0 bridgehead atoms. The molecule has 0 radical (unpaired) electrons. The minimum absolute atomic E-state index is 0.0602. The van der Waals surface area contributed by atoms with Crippen LogP contribution in [0.25, 0.3) is 0 Å². The van der Waals surface area contributed by atoms with Gasteiger partial charge in [-0.3, -0.25) is 4.79 Å². The quantitative estimate of drug-likeness (QED) is 0.427. The van der Waals surface area contributed by atoms with Gasteiger partial charge >= 0.3 is 0 Å². The van der Waals surface area contributed by atoms with Gasteiger partial charge < -0.3 is 5.32 Å². The maximum Gasteiger partial charge on any atom is 0.242 e. The number of amides is 1. The average molecular weight is 520 g/mol. The summed E-state index contributed by atoms with van der Waals surface area (Å²) in [6.07, 6.45) is 0.0904. The summed E-state index contributed by atoms with van der Waals surface area (Å²) in [5, 5.41) is 2.70. The van der Waals surface area contributed by atoms with Crippen molar-refractivity contribution in [2.75, 3.05) is 14.1 Å². The topological polar surface area (TPSA) is 113 Å². The van der Waals surface area contributed by atoms with Crippen LogP contribution in [0.4, 0.5) is 4.39 Å². The number of rotatable bonds is 10. The average Bonchev–Trinajstić information content (AvgIpc) is 2.83. The van der Waals surface area contributed by atoms with E-state index in [9.17, 15) is 26.0 Å². The molecule has 3 aromatic carbocycles. The van der Waals surface area contributed by atoms with Crippen LogP contribution >= 0.6 is 0 Å². The van der Waals surface area contributed by atoms with Crippen LogP contribution in [0.3, 0.4) is 0 Å². The van der Waals surface area contributed by atoms with Crippen molar-refractivity contribution in [1.82, 2.24) is 14.3 Å². The summed E-state index contributed by atoms with van der Waals surface area (Å²) in [6, 6.07) is 18.1. The Kier molecular flexibility index (Phi) is 8.39. The number of benzene rings is 3. The maximum atomic E-state index is 13.2. The number of hydrogen-bond donors (Lipinski definition) is 2. The van der Waals surface area contributed by atoms with Crippen molar-refractivity contribution in [1.29, 1.82) is 0 Å². The molecule has 1 atom stereocenters. The highest BCUT2D eigenvalue weighted by Crippen LogP contribution is 2.15. The molecule has 0 aliphatic heterocycles. The predicted octanol–water partition coefficient (Wildman–Crippen LogP) is 2.28. The van der Waals surface area contributed by atoms with Gasteiger partial charge in [0.2, 0.25) is 26.0 Å². The summed E-state index contributed by atoms with van der Waals surface area (Å²) in [5.41, 5.74) is 1.38. The van der Waals surface area contributed by atoms with Crippen LogP contribution < -0.4 is 10.0 Å². The van der Waals surface area contributed by atoms with Crippen molar-refractivity contribution in [3.05, 3.63) is 95.8 Å². The highest BCUT2D eigenvalue weighted by Gasteiger charge is 2.26. The molecule has 0 aliphatic carbocycles. The van der Waals surface area contributed by atoms with Crippen LogP contribution in [-0.2, 0) is 37.8 Å². The summed E-state index contributed by atoms with van der Waals surface area (Å²) in [5.74, 6) is -1.14. The first-order valence-electron chi connectivity index (χ1n) is 10.6. The molecular formula is C24H26FN3O5S2. The van der Waals surface area contributed by atoms with Gasteiger partial charge in [0.05, 0.1) is 9.79 Å². The summed E-state index contributed by atoms with van der Waals surface area (Å²) in [4.78, 5) is 13.0. The van der Waals surface area contributed by atoms with Gasteiger partial charge in [0.15, 0.2) is 0 Å². The first kappa shape index (κ1) is 26.5. The van der Waals surface area contributed by atoms with Crippen molar-refractivity contribution in [2.24, 2.45) is 0 Å². The van der Waals surface area contributed by atoms with Crippen molar-refractivity contribution in [2.45, 2.75) is 28.8 Å². The lowest BCUT2D eigenvalue weighted by molar-refractivity contribution is -0.122. The van der Waals surface area contributed by atoms with Crippen molar-refractivity contribution >= 4 is 26.0 Å².